The number of carbonyl (C=O) groups excluding carboxylic acids is 1. The van der Waals surface area contributed by atoms with E-state index in [4.69, 9.17) is 0 Å². The summed E-state index contributed by atoms with van der Waals surface area (Å²) in [7, 11) is -1.95. The highest BCUT2D eigenvalue weighted by Gasteiger charge is 2.18. The van der Waals surface area contributed by atoms with E-state index in [9.17, 15) is 13.2 Å². The van der Waals surface area contributed by atoms with Gasteiger partial charge in [-0.2, -0.15) is 5.10 Å². The highest BCUT2D eigenvalue weighted by molar-refractivity contribution is 7.92. The van der Waals surface area contributed by atoms with E-state index < -0.39 is 10.0 Å². The molecular formula is C22H21N5O3S. The first-order valence-corrected chi connectivity index (χ1v) is 11.0. The first-order chi connectivity index (χ1) is 14.7. The number of nitrogens with one attached hydrogen (secondary N) is 2. The highest BCUT2D eigenvalue weighted by atomic mass is 32.2. The number of hydrogen-bond acceptors (Lipinski definition) is 5. The molecule has 0 saturated carbocycles. The first-order valence-electron chi connectivity index (χ1n) is 9.55. The van der Waals surface area contributed by atoms with Crippen molar-refractivity contribution in [2.24, 2.45) is 7.05 Å². The van der Waals surface area contributed by atoms with Crippen molar-refractivity contribution in [2.45, 2.75) is 18.7 Å². The standard InChI is InChI=1S/C22H21N5O3S/c1-14-12-19(20-15(2)25-27(3)21(20)23-14)22(28)24-16-8-7-9-17(13-16)26-31(29,30)18-10-5-4-6-11-18/h4-13,26H,1-3H3,(H,24,28). The van der Waals surface area contributed by atoms with Crippen LogP contribution in [-0.4, -0.2) is 29.1 Å². The molecule has 9 heteroatoms. The quantitative estimate of drug-likeness (QED) is 0.498. The number of rotatable bonds is 5. The predicted molar refractivity (Wildman–Crippen MR) is 120 cm³/mol. The van der Waals surface area contributed by atoms with Gasteiger partial charge in [0.15, 0.2) is 5.65 Å². The van der Waals surface area contributed by atoms with Crippen molar-refractivity contribution in [1.29, 1.82) is 0 Å². The van der Waals surface area contributed by atoms with Crippen LogP contribution in [0.4, 0.5) is 11.4 Å². The molecule has 0 aliphatic rings. The van der Waals surface area contributed by atoms with Crippen molar-refractivity contribution in [3.8, 4) is 0 Å². The Hall–Kier alpha value is -3.72. The van der Waals surface area contributed by atoms with Crippen LogP contribution in [0.2, 0.25) is 0 Å². The molecule has 0 atom stereocenters. The molecule has 4 aromatic rings. The number of aryl methyl sites for hydroxylation is 3. The molecule has 0 aliphatic carbocycles. The Balaban J connectivity index is 1.62. The molecule has 2 aromatic carbocycles. The van der Waals surface area contributed by atoms with Crippen LogP contribution >= 0.6 is 0 Å². The molecule has 0 fully saturated rings. The van der Waals surface area contributed by atoms with E-state index in [2.05, 4.69) is 20.1 Å². The van der Waals surface area contributed by atoms with E-state index in [0.29, 0.717) is 39.4 Å². The van der Waals surface area contributed by atoms with E-state index in [0.717, 1.165) is 0 Å². The number of amides is 1. The van der Waals surface area contributed by atoms with Gasteiger partial charge in [0.05, 0.1) is 27.2 Å². The molecule has 0 bridgehead atoms. The Kier molecular flexibility index (Phi) is 5.20. The maximum absolute atomic E-state index is 13.0. The summed E-state index contributed by atoms with van der Waals surface area (Å²) in [6.07, 6.45) is 0. The number of hydrogen-bond donors (Lipinski definition) is 2. The van der Waals surface area contributed by atoms with Gasteiger partial charge < -0.3 is 5.32 Å². The lowest BCUT2D eigenvalue weighted by molar-refractivity contribution is 0.102. The molecule has 31 heavy (non-hydrogen) atoms. The number of benzene rings is 2. The maximum Gasteiger partial charge on any atom is 0.261 e. The Labute approximate surface area is 180 Å². The number of fused-ring (bicyclic) bond motifs is 1. The largest absolute Gasteiger partial charge is 0.322 e. The fourth-order valence-corrected chi connectivity index (χ4v) is 4.49. The van der Waals surface area contributed by atoms with Gasteiger partial charge >= 0.3 is 0 Å². The van der Waals surface area contributed by atoms with Crippen LogP contribution < -0.4 is 10.0 Å². The summed E-state index contributed by atoms with van der Waals surface area (Å²) in [5.41, 5.74) is 3.30. The summed E-state index contributed by atoms with van der Waals surface area (Å²) < 4.78 is 29.3. The molecule has 8 nitrogen and oxygen atoms in total. The van der Waals surface area contributed by atoms with E-state index in [-0.39, 0.29) is 10.8 Å². The Bertz CT molecular complexity index is 1400. The molecule has 158 valence electrons. The molecule has 2 aromatic heterocycles. The van der Waals surface area contributed by atoms with Gasteiger partial charge in [-0.25, -0.2) is 13.4 Å². The Morgan fingerprint density at radius 2 is 1.68 bits per heavy atom. The van der Waals surface area contributed by atoms with Gasteiger partial charge in [0, 0.05) is 18.4 Å². The third-order valence-corrected chi connectivity index (χ3v) is 6.16. The van der Waals surface area contributed by atoms with Crippen LogP contribution in [0.3, 0.4) is 0 Å². The summed E-state index contributed by atoms with van der Waals surface area (Å²) in [6.45, 7) is 3.65. The number of nitrogens with zero attached hydrogens (tertiary/aromatic N) is 3. The Morgan fingerprint density at radius 1 is 0.968 bits per heavy atom. The molecule has 2 N–H and O–H groups in total. The lowest BCUT2D eigenvalue weighted by atomic mass is 10.1. The smallest absolute Gasteiger partial charge is 0.261 e. The van der Waals surface area contributed by atoms with Crippen molar-refractivity contribution >= 4 is 38.3 Å². The molecule has 1 amide bonds. The third-order valence-electron chi connectivity index (χ3n) is 4.77. The van der Waals surface area contributed by atoms with Crippen LogP contribution in [0.1, 0.15) is 21.7 Å². The third kappa shape index (κ3) is 4.13. The first kappa shape index (κ1) is 20.5. The summed E-state index contributed by atoms with van der Waals surface area (Å²) in [6, 6.07) is 16.4. The predicted octanol–water partition coefficient (Wildman–Crippen LogP) is 3.64. The Morgan fingerprint density at radius 3 is 2.42 bits per heavy atom. The number of aromatic nitrogens is 3. The molecule has 0 spiro atoms. The highest BCUT2D eigenvalue weighted by Crippen LogP contribution is 2.24. The number of carbonyl (C=O) groups is 1. The lowest BCUT2D eigenvalue weighted by Crippen LogP contribution is -2.15. The van der Waals surface area contributed by atoms with Crippen molar-refractivity contribution < 1.29 is 13.2 Å². The molecule has 0 saturated heterocycles. The number of pyridine rings is 1. The van der Waals surface area contributed by atoms with Gasteiger partial charge in [-0.1, -0.05) is 24.3 Å². The summed E-state index contributed by atoms with van der Waals surface area (Å²) in [4.78, 5) is 17.7. The minimum absolute atomic E-state index is 0.158. The monoisotopic (exact) mass is 435 g/mol. The molecule has 2 heterocycles. The van der Waals surface area contributed by atoms with Crippen LogP contribution in [0.25, 0.3) is 11.0 Å². The van der Waals surface area contributed by atoms with Gasteiger partial charge in [-0.05, 0) is 50.2 Å². The normalized spacial score (nSPS) is 11.5. The number of anilines is 2. The van der Waals surface area contributed by atoms with Crippen molar-refractivity contribution in [2.75, 3.05) is 10.0 Å². The lowest BCUT2D eigenvalue weighted by Gasteiger charge is -2.11. The van der Waals surface area contributed by atoms with E-state index in [1.54, 1.807) is 60.3 Å². The zero-order valence-corrected chi connectivity index (χ0v) is 18.1. The zero-order valence-electron chi connectivity index (χ0n) is 17.2. The van der Waals surface area contributed by atoms with E-state index in [1.807, 2.05) is 13.8 Å². The van der Waals surface area contributed by atoms with Crippen LogP contribution in [0.5, 0.6) is 0 Å². The molecule has 0 radical (unpaired) electrons. The van der Waals surface area contributed by atoms with Gasteiger partial charge in [0.1, 0.15) is 0 Å². The summed E-state index contributed by atoms with van der Waals surface area (Å²) in [5, 5.41) is 7.89. The van der Waals surface area contributed by atoms with Crippen LogP contribution in [-0.2, 0) is 17.1 Å². The van der Waals surface area contributed by atoms with Gasteiger partial charge in [0.2, 0.25) is 0 Å². The van der Waals surface area contributed by atoms with Crippen molar-refractivity contribution in [3.05, 3.63) is 77.6 Å². The van der Waals surface area contributed by atoms with Gasteiger partial charge in [0.25, 0.3) is 15.9 Å². The minimum Gasteiger partial charge on any atom is -0.322 e. The second kappa shape index (κ2) is 7.84. The SMILES string of the molecule is Cc1cc(C(=O)Nc2cccc(NS(=O)(=O)c3ccccc3)c2)c2c(C)nn(C)c2n1. The average Bonchev–Trinajstić information content (AvgIpc) is 3.01. The average molecular weight is 436 g/mol. The van der Waals surface area contributed by atoms with E-state index >= 15 is 0 Å². The van der Waals surface area contributed by atoms with Crippen molar-refractivity contribution in [3.63, 3.8) is 0 Å². The van der Waals surface area contributed by atoms with Crippen LogP contribution in [0, 0.1) is 13.8 Å². The van der Waals surface area contributed by atoms with Crippen molar-refractivity contribution in [1.82, 2.24) is 14.8 Å². The maximum atomic E-state index is 13.0. The summed E-state index contributed by atoms with van der Waals surface area (Å²) in [5.74, 6) is -0.324. The van der Waals surface area contributed by atoms with E-state index in [1.165, 1.54) is 12.1 Å². The summed E-state index contributed by atoms with van der Waals surface area (Å²) >= 11 is 0. The molecule has 0 unspecified atom stereocenters. The second-order valence-corrected chi connectivity index (χ2v) is 8.85. The molecule has 4 rings (SSSR count). The fourth-order valence-electron chi connectivity index (χ4n) is 3.42. The fraction of sp³-hybridized carbons (Fsp3) is 0.136. The minimum atomic E-state index is -3.73. The zero-order chi connectivity index (χ0) is 22.2. The molecule has 0 aliphatic heterocycles. The second-order valence-electron chi connectivity index (χ2n) is 7.17. The number of sulfonamides is 1. The van der Waals surface area contributed by atoms with Gasteiger partial charge in [-0.3, -0.25) is 14.2 Å². The van der Waals surface area contributed by atoms with Gasteiger partial charge in [-0.15, -0.1) is 0 Å². The molecular weight excluding hydrogens is 414 g/mol. The topological polar surface area (TPSA) is 106 Å². The van der Waals surface area contributed by atoms with Crippen LogP contribution in [0.15, 0.2) is 65.6 Å².